The number of benzene rings is 1. The van der Waals surface area contributed by atoms with E-state index in [9.17, 15) is 9.59 Å². The Hall–Kier alpha value is -2.80. The zero-order chi connectivity index (χ0) is 19.1. The molecule has 0 radical (unpaired) electrons. The standard InChI is InChI=1S/C19H25N5O2/c1-13-11-17(18(26)20-9-6-10-24(3)4)23-19(21-13)22-16-8-5-7-15(12-16)14(2)25/h5,7-8,11-12H,6,9-10H2,1-4H3,(H,20,26)(H,21,22,23). The second kappa shape index (κ2) is 9.05. The Labute approximate surface area is 153 Å². The first-order valence-corrected chi connectivity index (χ1v) is 8.52. The van der Waals surface area contributed by atoms with Gasteiger partial charge in [-0.1, -0.05) is 12.1 Å². The highest BCUT2D eigenvalue weighted by Crippen LogP contribution is 2.16. The molecule has 1 aromatic heterocycles. The molecule has 0 fully saturated rings. The third kappa shape index (κ3) is 5.93. The number of anilines is 2. The number of nitrogens with zero attached hydrogens (tertiary/aromatic N) is 3. The zero-order valence-electron chi connectivity index (χ0n) is 15.7. The molecule has 2 rings (SSSR count). The summed E-state index contributed by atoms with van der Waals surface area (Å²) in [7, 11) is 3.99. The molecule has 138 valence electrons. The van der Waals surface area contributed by atoms with Crippen LogP contribution in [-0.4, -0.2) is 53.7 Å². The van der Waals surface area contributed by atoms with Gasteiger partial charge in [0, 0.05) is 23.5 Å². The summed E-state index contributed by atoms with van der Waals surface area (Å²) in [6, 6.07) is 8.73. The Morgan fingerprint density at radius 1 is 1.15 bits per heavy atom. The van der Waals surface area contributed by atoms with Gasteiger partial charge in [0.2, 0.25) is 5.95 Å². The number of hydrogen-bond donors (Lipinski definition) is 2. The molecule has 7 heteroatoms. The van der Waals surface area contributed by atoms with Crippen molar-refractivity contribution in [1.82, 2.24) is 20.2 Å². The normalized spacial score (nSPS) is 10.7. The van der Waals surface area contributed by atoms with E-state index in [0.29, 0.717) is 35.1 Å². The molecule has 0 aliphatic heterocycles. The first kappa shape index (κ1) is 19.5. The van der Waals surface area contributed by atoms with E-state index in [1.807, 2.05) is 27.1 Å². The van der Waals surface area contributed by atoms with Gasteiger partial charge in [-0.25, -0.2) is 9.97 Å². The molecular weight excluding hydrogens is 330 g/mol. The molecule has 1 amide bonds. The lowest BCUT2D eigenvalue weighted by atomic mass is 10.1. The van der Waals surface area contributed by atoms with Crippen molar-refractivity contribution in [3.63, 3.8) is 0 Å². The van der Waals surface area contributed by atoms with E-state index in [4.69, 9.17) is 0 Å². The average Bonchev–Trinajstić information content (AvgIpc) is 2.58. The molecule has 0 unspecified atom stereocenters. The van der Waals surface area contributed by atoms with E-state index in [1.165, 1.54) is 6.92 Å². The highest BCUT2D eigenvalue weighted by Gasteiger charge is 2.11. The summed E-state index contributed by atoms with van der Waals surface area (Å²) in [6.07, 6.45) is 0.867. The Kier molecular flexibility index (Phi) is 6.80. The zero-order valence-corrected chi connectivity index (χ0v) is 15.7. The number of nitrogens with one attached hydrogen (secondary N) is 2. The van der Waals surface area contributed by atoms with Crippen molar-refractivity contribution in [2.24, 2.45) is 0 Å². The predicted molar refractivity (Wildman–Crippen MR) is 102 cm³/mol. The maximum Gasteiger partial charge on any atom is 0.270 e. The van der Waals surface area contributed by atoms with Crippen molar-refractivity contribution in [1.29, 1.82) is 0 Å². The minimum Gasteiger partial charge on any atom is -0.351 e. The van der Waals surface area contributed by atoms with Gasteiger partial charge < -0.3 is 15.5 Å². The summed E-state index contributed by atoms with van der Waals surface area (Å²) in [5.41, 5.74) is 2.29. The van der Waals surface area contributed by atoms with Crippen LogP contribution in [0.2, 0.25) is 0 Å². The van der Waals surface area contributed by atoms with E-state index < -0.39 is 0 Å². The number of aromatic nitrogens is 2. The summed E-state index contributed by atoms with van der Waals surface area (Å²) in [6.45, 7) is 4.81. The highest BCUT2D eigenvalue weighted by molar-refractivity contribution is 5.95. The SMILES string of the molecule is CC(=O)c1cccc(Nc2nc(C)cc(C(=O)NCCCN(C)C)n2)c1. The molecule has 0 atom stereocenters. The van der Waals surface area contributed by atoms with Gasteiger partial charge in [-0.2, -0.15) is 0 Å². The van der Waals surface area contributed by atoms with Gasteiger partial charge in [-0.05, 0) is 59.1 Å². The second-order valence-corrected chi connectivity index (χ2v) is 6.39. The maximum absolute atomic E-state index is 12.3. The molecule has 1 heterocycles. The smallest absolute Gasteiger partial charge is 0.270 e. The van der Waals surface area contributed by atoms with Crippen LogP contribution in [0.4, 0.5) is 11.6 Å². The van der Waals surface area contributed by atoms with Crippen molar-refractivity contribution < 1.29 is 9.59 Å². The predicted octanol–water partition coefficient (Wildman–Crippen LogP) is 2.41. The lowest BCUT2D eigenvalue weighted by Gasteiger charge is -2.11. The number of amides is 1. The lowest BCUT2D eigenvalue weighted by molar-refractivity contribution is 0.0946. The highest BCUT2D eigenvalue weighted by atomic mass is 16.1. The number of aryl methyl sites for hydroxylation is 1. The maximum atomic E-state index is 12.3. The van der Waals surface area contributed by atoms with Crippen molar-refractivity contribution in [3.8, 4) is 0 Å². The minimum atomic E-state index is -0.227. The molecule has 0 saturated heterocycles. The number of Topliss-reactive ketones (excluding diaryl/α,β-unsaturated/α-hetero) is 1. The summed E-state index contributed by atoms with van der Waals surface area (Å²) in [5.74, 6) is 0.0792. The third-order valence-corrected chi connectivity index (χ3v) is 3.68. The lowest BCUT2D eigenvalue weighted by Crippen LogP contribution is -2.28. The summed E-state index contributed by atoms with van der Waals surface area (Å²) >= 11 is 0. The monoisotopic (exact) mass is 355 g/mol. The van der Waals surface area contributed by atoms with E-state index in [0.717, 1.165) is 13.0 Å². The number of rotatable bonds is 8. The summed E-state index contributed by atoms with van der Waals surface area (Å²) in [5, 5.41) is 5.92. The number of carbonyl (C=O) groups is 2. The topological polar surface area (TPSA) is 87.2 Å². The first-order valence-electron chi connectivity index (χ1n) is 8.52. The van der Waals surface area contributed by atoms with E-state index in [1.54, 1.807) is 24.3 Å². The van der Waals surface area contributed by atoms with Gasteiger partial charge in [0.05, 0.1) is 0 Å². The molecule has 0 bridgehead atoms. The fourth-order valence-electron chi connectivity index (χ4n) is 2.37. The molecule has 7 nitrogen and oxygen atoms in total. The van der Waals surface area contributed by atoms with Crippen molar-refractivity contribution in [3.05, 3.63) is 47.3 Å². The molecule has 0 aliphatic rings. The van der Waals surface area contributed by atoms with Crippen LogP contribution in [-0.2, 0) is 0 Å². The number of carbonyl (C=O) groups excluding carboxylic acids is 2. The van der Waals surface area contributed by atoms with Gasteiger partial charge in [0.15, 0.2) is 5.78 Å². The Morgan fingerprint density at radius 3 is 2.62 bits per heavy atom. The van der Waals surface area contributed by atoms with Gasteiger partial charge >= 0.3 is 0 Å². The van der Waals surface area contributed by atoms with Crippen LogP contribution in [0, 0.1) is 6.92 Å². The van der Waals surface area contributed by atoms with E-state index in [-0.39, 0.29) is 11.7 Å². The average molecular weight is 355 g/mol. The number of ketones is 1. The van der Waals surface area contributed by atoms with Crippen LogP contribution >= 0.6 is 0 Å². The summed E-state index contributed by atoms with van der Waals surface area (Å²) in [4.78, 5) is 34.5. The summed E-state index contributed by atoms with van der Waals surface area (Å²) < 4.78 is 0. The van der Waals surface area contributed by atoms with Crippen LogP contribution in [0.3, 0.4) is 0 Å². The second-order valence-electron chi connectivity index (χ2n) is 6.39. The van der Waals surface area contributed by atoms with Crippen LogP contribution in [0.5, 0.6) is 0 Å². The van der Waals surface area contributed by atoms with Crippen LogP contribution in [0.15, 0.2) is 30.3 Å². The van der Waals surface area contributed by atoms with Gasteiger partial charge in [0.25, 0.3) is 5.91 Å². The van der Waals surface area contributed by atoms with Gasteiger partial charge in [-0.3, -0.25) is 9.59 Å². The van der Waals surface area contributed by atoms with Crippen LogP contribution < -0.4 is 10.6 Å². The fraction of sp³-hybridized carbons (Fsp3) is 0.368. The molecular formula is C19H25N5O2. The molecule has 2 aromatic rings. The molecule has 2 N–H and O–H groups in total. The molecule has 0 saturated carbocycles. The van der Waals surface area contributed by atoms with Crippen molar-refractivity contribution in [2.45, 2.75) is 20.3 Å². The molecule has 0 aliphatic carbocycles. The molecule has 0 spiro atoms. The van der Waals surface area contributed by atoms with Crippen molar-refractivity contribution >= 4 is 23.3 Å². The fourth-order valence-corrected chi connectivity index (χ4v) is 2.37. The van der Waals surface area contributed by atoms with E-state index in [2.05, 4.69) is 25.5 Å². The van der Waals surface area contributed by atoms with Crippen LogP contribution in [0.1, 0.15) is 39.9 Å². The first-order chi connectivity index (χ1) is 12.3. The molecule has 26 heavy (non-hydrogen) atoms. The molecule has 1 aromatic carbocycles. The van der Waals surface area contributed by atoms with E-state index >= 15 is 0 Å². The van der Waals surface area contributed by atoms with Gasteiger partial charge in [-0.15, -0.1) is 0 Å². The Morgan fingerprint density at radius 2 is 1.92 bits per heavy atom. The quantitative estimate of drug-likeness (QED) is 0.558. The number of hydrogen-bond acceptors (Lipinski definition) is 6. The Balaban J connectivity index is 2.08. The Bertz CT molecular complexity index is 789. The van der Waals surface area contributed by atoms with Gasteiger partial charge in [0.1, 0.15) is 5.69 Å². The minimum absolute atomic E-state index is 0.0170. The van der Waals surface area contributed by atoms with Crippen LogP contribution in [0.25, 0.3) is 0 Å². The van der Waals surface area contributed by atoms with Crippen molar-refractivity contribution in [2.75, 3.05) is 32.5 Å². The largest absolute Gasteiger partial charge is 0.351 e. The third-order valence-electron chi connectivity index (χ3n) is 3.68.